The molecule has 0 spiro atoms. The Morgan fingerprint density at radius 1 is 1.47 bits per heavy atom. The first-order chi connectivity index (χ1) is 7.27. The van der Waals surface area contributed by atoms with Gasteiger partial charge in [-0.05, 0) is 42.9 Å². The van der Waals surface area contributed by atoms with E-state index in [1.54, 1.807) is 12.5 Å². The molecule has 1 heterocycles. The predicted octanol–water partition coefficient (Wildman–Crippen LogP) is 2.76. The van der Waals surface area contributed by atoms with Crippen molar-refractivity contribution in [2.24, 2.45) is 0 Å². The van der Waals surface area contributed by atoms with Gasteiger partial charge in [0, 0.05) is 6.42 Å². The van der Waals surface area contributed by atoms with Crippen molar-refractivity contribution < 1.29 is 14.6 Å². The Kier molecular flexibility index (Phi) is 2.90. The molecule has 2 aliphatic rings. The summed E-state index contributed by atoms with van der Waals surface area (Å²) in [7, 11) is 0. The lowest BCUT2D eigenvalue weighted by atomic mass is 10.0. The van der Waals surface area contributed by atoms with E-state index in [-0.39, 0.29) is 6.42 Å². The Morgan fingerprint density at radius 2 is 2.33 bits per heavy atom. The number of fused-ring (bicyclic) bond motifs is 1. The summed E-state index contributed by atoms with van der Waals surface area (Å²) in [6, 6.07) is 0. The molecule has 0 aromatic heterocycles. The van der Waals surface area contributed by atoms with Gasteiger partial charge in [0.2, 0.25) is 0 Å². The molecule has 0 unspecified atom stereocenters. The van der Waals surface area contributed by atoms with E-state index >= 15 is 0 Å². The fourth-order valence-corrected chi connectivity index (χ4v) is 2.07. The summed E-state index contributed by atoms with van der Waals surface area (Å²) in [5.41, 5.74) is 3.90. The van der Waals surface area contributed by atoms with Gasteiger partial charge in [0.1, 0.15) is 0 Å². The number of hydrogen-bond donors (Lipinski definition) is 1. The monoisotopic (exact) mass is 206 g/mol. The molecule has 1 aliphatic carbocycles. The summed E-state index contributed by atoms with van der Waals surface area (Å²) < 4.78 is 5.10. The zero-order valence-electron chi connectivity index (χ0n) is 8.53. The first-order valence-corrected chi connectivity index (χ1v) is 5.22. The van der Waals surface area contributed by atoms with Crippen molar-refractivity contribution in [2.45, 2.75) is 32.1 Å². The van der Waals surface area contributed by atoms with Crippen LogP contribution in [-0.4, -0.2) is 11.1 Å². The van der Waals surface area contributed by atoms with E-state index in [9.17, 15) is 4.79 Å². The first-order valence-electron chi connectivity index (χ1n) is 5.22. The molecule has 0 saturated carbocycles. The van der Waals surface area contributed by atoms with Gasteiger partial charge in [0.15, 0.2) is 0 Å². The quantitative estimate of drug-likeness (QED) is 0.769. The third-order valence-corrected chi connectivity index (χ3v) is 2.82. The van der Waals surface area contributed by atoms with Gasteiger partial charge in [-0.1, -0.05) is 5.57 Å². The number of aliphatic carboxylic acids is 1. The maximum Gasteiger partial charge on any atom is 0.303 e. The van der Waals surface area contributed by atoms with Crippen LogP contribution in [0, 0.1) is 0 Å². The molecule has 0 saturated heterocycles. The highest BCUT2D eigenvalue weighted by Crippen LogP contribution is 2.36. The van der Waals surface area contributed by atoms with Crippen LogP contribution in [0.5, 0.6) is 0 Å². The van der Waals surface area contributed by atoms with Gasteiger partial charge < -0.3 is 9.84 Å². The van der Waals surface area contributed by atoms with Crippen LogP contribution in [0.4, 0.5) is 0 Å². The van der Waals surface area contributed by atoms with Crippen LogP contribution in [0.25, 0.3) is 0 Å². The molecule has 0 fully saturated rings. The van der Waals surface area contributed by atoms with E-state index in [2.05, 4.69) is 0 Å². The fourth-order valence-electron chi connectivity index (χ4n) is 2.07. The highest BCUT2D eigenvalue weighted by Gasteiger charge is 2.19. The van der Waals surface area contributed by atoms with Crippen molar-refractivity contribution in [1.29, 1.82) is 0 Å². The smallest absolute Gasteiger partial charge is 0.303 e. The molecule has 0 amide bonds. The van der Waals surface area contributed by atoms with E-state index < -0.39 is 5.97 Å². The maximum absolute atomic E-state index is 10.4. The molecule has 0 aromatic carbocycles. The lowest BCUT2D eigenvalue weighted by Crippen LogP contribution is -1.95. The minimum atomic E-state index is -0.711. The molecule has 15 heavy (non-hydrogen) atoms. The lowest BCUT2D eigenvalue weighted by molar-refractivity contribution is -0.137. The maximum atomic E-state index is 10.4. The topological polar surface area (TPSA) is 46.5 Å². The summed E-state index contributed by atoms with van der Waals surface area (Å²) in [4.78, 5) is 10.4. The number of carboxylic acid groups (broad SMARTS) is 1. The van der Waals surface area contributed by atoms with Crippen molar-refractivity contribution >= 4 is 5.97 Å². The van der Waals surface area contributed by atoms with Gasteiger partial charge in [-0.25, -0.2) is 0 Å². The summed E-state index contributed by atoms with van der Waals surface area (Å²) >= 11 is 0. The van der Waals surface area contributed by atoms with Crippen molar-refractivity contribution in [3.63, 3.8) is 0 Å². The Hall–Kier alpha value is -1.51. The predicted molar refractivity (Wildman–Crippen MR) is 56.1 cm³/mol. The number of hydrogen-bond acceptors (Lipinski definition) is 2. The van der Waals surface area contributed by atoms with Crippen LogP contribution in [0.15, 0.2) is 35.3 Å². The van der Waals surface area contributed by atoms with Crippen LogP contribution in [0.1, 0.15) is 32.1 Å². The van der Waals surface area contributed by atoms with Gasteiger partial charge in [-0.2, -0.15) is 0 Å². The molecule has 80 valence electrons. The average Bonchev–Trinajstić information content (AvgIpc) is 2.62. The second-order valence-electron chi connectivity index (χ2n) is 3.85. The number of rotatable bonds is 4. The number of carboxylic acids is 1. The molecule has 0 atom stereocenters. The minimum Gasteiger partial charge on any atom is -0.481 e. The molecule has 1 aliphatic heterocycles. The zero-order valence-corrected chi connectivity index (χ0v) is 8.53. The van der Waals surface area contributed by atoms with Gasteiger partial charge in [-0.15, -0.1) is 0 Å². The summed E-state index contributed by atoms with van der Waals surface area (Å²) in [6.45, 7) is 0. The normalized spacial score (nSPS) is 18.5. The molecule has 3 nitrogen and oxygen atoms in total. The first kappa shape index (κ1) is 10.0. The van der Waals surface area contributed by atoms with Crippen LogP contribution >= 0.6 is 0 Å². The van der Waals surface area contributed by atoms with E-state index in [0.717, 1.165) is 25.7 Å². The lowest BCUT2D eigenvalue weighted by Gasteiger charge is -2.07. The Bertz CT molecular complexity index is 361. The molecule has 2 rings (SSSR count). The van der Waals surface area contributed by atoms with E-state index in [4.69, 9.17) is 9.84 Å². The number of carbonyl (C=O) groups is 1. The average molecular weight is 206 g/mol. The molecule has 3 heteroatoms. The van der Waals surface area contributed by atoms with Gasteiger partial charge >= 0.3 is 5.97 Å². The van der Waals surface area contributed by atoms with E-state index in [1.165, 1.54) is 16.7 Å². The Labute approximate surface area is 88.7 Å². The number of ether oxygens (including phenoxy) is 1. The van der Waals surface area contributed by atoms with Crippen molar-refractivity contribution in [3.05, 3.63) is 35.3 Å². The van der Waals surface area contributed by atoms with Crippen molar-refractivity contribution in [2.75, 3.05) is 0 Å². The summed E-state index contributed by atoms with van der Waals surface area (Å²) in [5, 5.41) is 8.56. The SMILES string of the molecule is O=C(O)CCCC1=C2C=COC=C2CC1. The third kappa shape index (κ3) is 2.29. The third-order valence-electron chi connectivity index (χ3n) is 2.82. The zero-order chi connectivity index (χ0) is 10.7. The van der Waals surface area contributed by atoms with Crippen molar-refractivity contribution in [3.8, 4) is 0 Å². The minimum absolute atomic E-state index is 0.260. The van der Waals surface area contributed by atoms with Crippen LogP contribution in [-0.2, 0) is 9.53 Å². The fraction of sp³-hybridized carbons (Fsp3) is 0.417. The molecule has 0 radical (unpaired) electrons. The molecule has 0 aromatic rings. The Balaban J connectivity index is 1.97. The standard InChI is InChI=1S/C12H14O3/c13-12(14)3-1-2-9-4-5-10-8-15-7-6-11(9)10/h6-8H,1-5H2,(H,13,14). The summed E-state index contributed by atoms with van der Waals surface area (Å²) in [5.74, 6) is -0.711. The largest absolute Gasteiger partial charge is 0.481 e. The second-order valence-corrected chi connectivity index (χ2v) is 3.85. The van der Waals surface area contributed by atoms with E-state index in [0.29, 0.717) is 0 Å². The van der Waals surface area contributed by atoms with Crippen LogP contribution < -0.4 is 0 Å². The van der Waals surface area contributed by atoms with Gasteiger partial charge in [0.25, 0.3) is 0 Å². The number of allylic oxidation sites excluding steroid dienone is 4. The molecular weight excluding hydrogens is 192 g/mol. The van der Waals surface area contributed by atoms with E-state index in [1.807, 2.05) is 6.08 Å². The second kappa shape index (κ2) is 4.34. The molecule has 0 bridgehead atoms. The van der Waals surface area contributed by atoms with Crippen LogP contribution in [0.2, 0.25) is 0 Å². The van der Waals surface area contributed by atoms with Gasteiger partial charge in [-0.3, -0.25) is 4.79 Å². The van der Waals surface area contributed by atoms with Gasteiger partial charge in [0.05, 0.1) is 12.5 Å². The Morgan fingerprint density at radius 3 is 3.13 bits per heavy atom. The van der Waals surface area contributed by atoms with Crippen LogP contribution in [0.3, 0.4) is 0 Å². The molecule has 1 N–H and O–H groups in total. The highest BCUT2D eigenvalue weighted by atomic mass is 16.5. The van der Waals surface area contributed by atoms with Crippen molar-refractivity contribution in [1.82, 2.24) is 0 Å². The highest BCUT2D eigenvalue weighted by molar-refractivity contribution is 5.66. The molecular formula is C12H14O3. The summed E-state index contributed by atoms with van der Waals surface area (Å²) in [6.07, 6.45) is 9.42.